The first-order valence-electron chi connectivity index (χ1n) is 14.7. The van der Waals surface area contributed by atoms with Crippen molar-refractivity contribution in [3.63, 3.8) is 0 Å². The number of methoxy groups -OCH3 is 2. The summed E-state index contributed by atoms with van der Waals surface area (Å²) in [6, 6.07) is 7.46. The number of unbranched alkanes of at least 4 members (excludes halogenated alkanes) is 9. The summed E-state index contributed by atoms with van der Waals surface area (Å²) in [4.78, 5) is 36.4. The van der Waals surface area contributed by atoms with Crippen molar-refractivity contribution in [1.82, 2.24) is 0 Å². The summed E-state index contributed by atoms with van der Waals surface area (Å²) in [6.07, 6.45) is 12.2. The van der Waals surface area contributed by atoms with Crippen LogP contribution in [-0.4, -0.2) is 32.8 Å². The number of hydrogen-bond donors (Lipinski definition) is 0. The molecule has 0 aliphatic heterocycles. The van der Waals surface area contributed by atoms with Crippen LogP contribution in [0.3, 0.4) is 0 Å². The molecule has 0 atom stereocenters. The molecule has 0 saturated heterocycles. The topological polar surface area (TPSA) is 110 Å². The standard InChI is InChI=1S/C33H42O9/c1-6-7-8-9-10-11-12-13-14-15-18-39-30-21-29-31(33(38-5)32(30)37-4)25(36)20-27(42-29)24-16-17-26(40-22(2)34)28(19-24)41-23(3)35/h16-17,19-21H,6-15,18H2,1-5H3. The molecule has 2 aromatic carbocycles. The predicted molar refractivity (Wildman–Crippen MR) is 161 cm³/mol. The van der Waals surface area contributed by atoms with E-state index in [9.17, 15) is 14.4 Å². The van der Waals surface area contributed by atoms with E-state index >= 15 is 0 Å². The van der Waals surface area contributed by atoms with Gasteiger partial charge in [-0.3, -0.25) is 14.4 Å². The lowest BCUT2D eigenvalue weighted by atomic mass is 10.1. The van der Waals surface area contributed by atoms with Crippen LogP contribution >= 0.6 is 0 Å². The van der Waals surface area contributed by atoms with Gasteiger partial charge in [-0.25, -0.2) is 0 Å². The Morgan fingerprint density at radius 1 is 0.714 bits per heavy atom. The highest BCUT2D eigenvalue weighted by Gasteiger charge is 2.22. The molecule has 228 valence electrons. The van der Waals surface area contributed by atoms with Gasteiger partial charge in [0.15, 0.2) is 28.4 Å². The van der Waals surface area contributed by atoms with Gasteiger partial charge in [0.05, 0.1) is 20.8 Å². The number of ether oxygens (including phenoxy) is 5. The quantitative estimate of drug-likeness (QED) is 0.0901. The van der Waals surface area contributed by atoms with Crippen molar-refractivity contribution in [2.45, 2.75) is 85.0 Å². The lowest BCUT2D eigenvalue weighted by molar-refractivity contribution is -0.134. The molecule has 0 unspecified atom stereocenters. The maximum atomic E-state index is 13.3. The molecular formula is C33H42O9. The third-order valence-electron chi connectivity index (χ3n) is 6.79. The van der Waals surface area contributed by atoms with Crippen molar-refractivity contribution in [2.24, 2.45) is 0 Å². The van der Waals surface area contributed by atoms with Crippen LogP contribution in [0, 0.1) is 0 Å². The Labute approximate surface area is 247 Å². The average Bonchev–Trinajstić information content (AvgIpc) is 2.95. The minimum absolute atomic E-state index is 0.0192. The molecule has 42 heavy (non-hydrogen) atoms. The van der Waals surface area contributed by atoms with Crippen LogP contribution in [-0.2, 0) is 9.59 Å². The monoisotopic (exact) mass is 582 g/mol. The second kappa shape index (κ2) is 16.4. The Kier molecular flexibility index (Phi) is 12.7. The van der Waals surface area contributed by atoms with Gasteiger partial charge in [-0.1, -0.05) is 64.7 Å². The highest BCUT2D eigenvalue weighted by atomic mass is 16.6. The van der Waals surface area contributed by atoms with Gasteiger partial charge >= 0.3 is 11.9 Å². The molecule has 0 aliphatic rings. The second-order valence-electron chi connectivity index (χ2n) is 10.2. The van der Waals surface area contributed by atoms with Crippen LogP contribution in [0.15, 0.2) is 39.5 Å². The SMILES string of the molecule is CCCCCCCCCCCCOc1cc2oc(-c3ccc(OC(C)=O)c(OC(C)=O)c3)cc(=O)c2c(OC)c1OC. The van der Waals surface area contributed by atoms with Gasteiger partial charge in [-0.15, -0.1) is 0 Å². The molecule has 3 rings (SSSR count). The summed E-state index contributed by atoms with van der Waals surface area (Å²) in [5.74, 6) is 0.0805. The molecule has 0 radical (unpaired) electrons. The highest BCUT2D eigenvalue weighted by molar-refractivity contribution is 5.90. The van der Waals surface area contributed by atoms with Crippen LogP contribution in [0.1, 0.15) is 85.0 Å². The molecule has 0 saturated carbocycles. The van der Waals surface area contributed by atoms with Crippen LogP contribution < -0.4 is 29.1 Å². The summed E-state index contributed by atoms with van der Waals surface area (Å²) in [7, 11) is 2.95. The van der Waals surface area contributed by atoms with Crippen LogP contribution in [0.5, 0.6) is 28.7 Å². The highest BCUT2D eigenvalue weighted by Crippen LogP contribution is 2.43. The molecule has 0 amide bonds. The maximum absolute atomic E-state index is 13.3. The van der Waals surface area contributed by atoms with E-state index in [0.29, 0.717) is 23.7 Å². The average molecular weight is 583 g/mol. The van der Waals surface area contributed by atoms with Gasteiger partial charge in [-0.05, 0) is 24.6 Å². The third-order valence-corrected chi connectivity index (χ3v) is 6.79. The van der Waals surface area contributed by atoms with E-state index in [4.69, 9.17) is 28.1 Å². The number of esters is 2. The van der Waals surface area contributed by atoms with E-state index in [1.54, 1.807) is 12.1 Å². The zero-order valence-electron chi connectivity index (χ0n) is 25.3. The smallest absolute Gasteiger partial charge is 0.308 e. The molecule has 3 aromatic rings. The van der Waals surface area contributed by atoms with Gasteiger partial charge in [0.2, 0.25) is 5.75 Å². The van der Waals surface area contributed by atoms with Crippen molar-refractivity contribution in [3.05, 3.63) is 40.6 Å². The van der Waals surface area contributed by atoms with E-state index in [1.807, 2.05) is 0 Å². The molecule has 0 N–H and O–H groups in total. The normalized spacial score (nSPS) is 10.9. The number of carbonyl (C=O) groups is 2. The molecule has 1 heterocycles. The minimum Gasteiger partial charge on any atom is -0.492 e. The van der Waals surface area contributed by atoms with E-state index < -0.39 is 11.9 Å². The Morgan fingerprint density at radius 3 is 1.90 bits per heavy atom. The first kappa shape index (κ1) is 32.5. The van der Waals surface area contributed by atoms with Crippen LogP contribution in [0.2, 0.25) is 0 Å². The fraction of sp³-hybridized carbons (Fsp3) is 0.485. The number of hydrogen-bond acceptors (Lipinski definition) is 9. The largest absolute Gasteiger partial charge is 0.492 e. The van der Waals surface area contributed by atoms with E-state index in [0.717, 1.165) is 12.8 Å². The zero-order chi connectivity index (χ0) is 30.5. The van der Waals surface area contributed by atoms with Gasteiger partial charge in [-0.2, -0.15) is 0 Å². The van der Waals surface area contributed by atoms with Crippen molar-refractivity contribution in [3.8, 4) is 40.1 Å². The second-order valence-corrected chi connectivity index (χ2v) is 10.2. The van der Waals surface area contributed by atoms with Gasteiger partial charge in [0.25, 0.3) is 0 Å². The predicted octanol–water partition coefficient (Wildman–Crippen LogP) is 7.63. The zero-order valence-corrected chi connectivity index (χ0v) is 25.3. The molecule has 0 aliphatic carbocycles. The number of fused-ring (bicyclic) bond motifs is 1. The Morgan fingerprint density at radius 2 is 1.31 bits per heavy atom. The summed E-state index contributed by atoms with van der Waals surface area (Å²) in [5.41, 5.74) is 0.316. The molecular weight excluding hydrogens is 540 g/mol. The Hall–Kier alpha value is -4.01. The Balaban J connectivity index is 1.81. The first-order chi connectivity index (χ1) is 20.3. The van der Waals surface area contributed by atoms with Gasteiger partial charge in [0, 0.05) is 31.5 Å². The number of benzene rings is 2. The summed E-state index contributed by atoms with van der Waals surface area (Å²) >= 11 is 0. The van der Waals surface area contributed by atoms with Crippen LogP contribution in [0.4, 0.5) is 0 Å². The van der Waals surface area contributed by atoms with Crippen molar-refractivity contribution in [2.75, 3.05) is 20.8 Å². The van der Waals surface area contributed by atoms with Crippen LogP contribution in [0.25, 0.3) is 22.3 Å². The molecule has 0 bridgehead atoms. The Bertz CT molecular complexity index is 1410. The van der Waals surface area contributed by atoms with E-state index in [-0.39, 0.29) is 39.4 Å². The fourth-order valence-corrected chi connectivity index (χ4v) is 4.79. The van der Waals surface area contributed by atoms with Gasteiger partial charge in [0.1, 0.15) is 16.7 Å². The van der Waals surface area contributed by atoms with E-state index in [2.05, 4.69) is 6.92 Å². The molecule has 9 nitrogen and oxygen atoms in total. The van der Waals surface area contributed by atoms with Crippen molar-refractivity contribution in [1.29, 1.82) is 0 Å². The first-order valence-corrected chi connectivity index (χ1v) is 14.7. The lowest BCUT2D eigenvalue weighted by Gasteiger charge is -2.16. The summed E-state index contributed by atoms with van der Waals surface area (Å²) in [5, 5.41) is 0.209. The van der Waals surface area contributed by atoms with Gasteiger partial charge < -0.3 is 28.1 Å². The van der Waals surface area contributed by atoms with Crippen molar-refractivity contribution < 1.29 is 37.7 Å². The third kappa shape index (κ3) is 8.99. The molecule has 0 fully saturated rings. The molecule has 1 aromatic heterocycles. The summed E-state index contributed by atoms with van der Waals surface area (Å²) < 4.78 is 33.7. The lowest BCUT2D eigenvalue weighted by Crippen LogP contribution is -2.08. The minimum atomic E-state index is -0.596. The van der Waals surface area contributed by atoms with Crippen molar-refractivity contribution >= 4 is 22.9 Å². The van der Waals surface area contributed by atoms with E-state index in [1.165, 1.54) is 97.6 Å². The number of rotatable bonds is 17. The molecule has 0 spiro atoms. The fourth-order valence-electron chi connectivity index (χ4n) is 4.79. The number of carbonyl (C=O) groups excluding carboxylic acids is 2. The molecule has 9 heteroatoms. The summed E-state index contributed by atoms with van der Waals surface area (Å²) in [6.45, 7) is 5.19. The maximum Gasteiger partial charge on any atom is 0.308 e.